The van der Waals surface area contributed by atoms with E-state index in [2.05, 4.69) is 0 Å². The first-order valence-corrected chi connectivity index (χ1v) is 10.4. The van der Waals surface area contributed by atoms with E-state index in [9.17, 15) is 4.79 Å². The molecule has 6 aliphatic rings. The summed E-state index contributed by atoms with van der Waals surface area (Å²) in [6.45, 7) is 0.218. The van der Waals surface area contributed by atoms with Crippen molar-refractivity contribution in [2.24, 2.45) is 17.8 Å². The van der Waals surface area contributed by atoms with Crippen LogP contribution >= 0.6 is 0 Å². The second-order valence-electron chi connectivity index (χ2n) is 9.29. The van der Waals surface area contributed by atoms with E-state index in [1.165, 1.54) is 38.5 Å². The SMILES string of the molecule is O=C(OC[C@H]1OC(OC23CC4CC(CC(C4)C2)C3)[C@H]2O[C@H]21)c1ccccc1. The fourth-order valence-electron chi connectivity index (χ4n) is 6.45. The molecule has 2 aliphatic heterocycles. The van der Waals surface area contributed by atoms with Gasteiger partial charge in [0.15, 0.2) is 6.29 Å². The third kappa shape index (κ3) is 2.91. The molecule has 7 rings (SSSR count). The Morgan fingerprint density at radius 3 is 2.30 bits per heavy atom. The topological polar surface area (TPSA) is 57.3 Å². The fourth-order valence-corrected chi connectivity index (χ4v) is 6.45. The minimum Gasteiger partial charge on any atom is -0.459 e. The highest BCUT2D eigenvalue weighted by atomic mass is 16.8. The third-order valence-electron chi connectivity index (χ3n) is 7.24. The Labute approximate surface area is 159 Å². The van der Waals surface area contributed by atoms with E-state index in [0.717, 1.165) is 17.8 Å². The van der Waals surface area contributed by atoms with Crippen LogP contribution in [0.1, 0.15) is 48.9 Å². The molecule has 2 heterocycles. The van der Waals surface area contributed by atoms with Crippen LogP contribution in [0.3, 0.4) is 0 Å². The molecular weight excluding hydrogens is 344 g/mol. The molecule has 0 N–H and O–H groups in total. The summed E-state index contributed by atoms with van der Waals surface area (Å²) in [7, 11) is 0. The lowest BCUT2D eigenvalue weighted by molar-refractivity contribution is -0.269. The second kappa shape index (κ2) is 6.03. The number of carbonyl (C=O) groups excluding carboxylic acids is 1. The Morgan fingerprint density at radius 2 is 1.63 bits per heavy atom. The maximum atomic E-state index is 12.2. The Hall–Kier alpha value is -1.43. The molecule has 1 unspecified atom stereocenters. The van der Waals surface area contributed by atoms with Gasteiger partial charge in [0.2, 0.25) is 0 Å². The van der Waals surface area contributed by atoms with Crippen molar-refractivity contribution in [3.63, 3.8) is 0 Å². The second-order valence-corrected chi connectivity index (χ2v) is 9.29. The number of rotatable bonds is 5. The minimum absolute atomic E-state index is 0.00548. The smallest absolute Gasteiger partial charge is 0.338 e. The van der Waals surface area contributed by atoms with Crippen LogP contribution < -0.4 is 0 Å². The number of epoxide rings is 1. The van der Waals surface area contributed by atoms with E-state index in [1.54, 1.807) is 12.1 Å². The Bertz CT molecular complexity index is 696. The van der Waals surface area contributed by atoms with Crippen molar-refractivity contribution in [3.8, 4) is 0 Å². The largest absolute Gasteiger partial charge is 0.459 e. The van der Waals surface area contributed by atoms with E-state index in [0.29, 0.717) is 5.56 Å². The van der Waals surface area contributed by atoms with Crippen molar-refractivity contribution in [3.05, 3.63) is 35.9 Å². The number of ether oxygens (including phenoxy) is 4. The van der Waals surface area contributed by atoms with Gasteiger partial charge in [0.25, 0.3) is 0 Å². The first-order valence-electron chi connectivity index (χ1n) is 10.4. The normalized spacial score (nSPS) is 46.3. The zero-order valence-corrected chi connectivity index (χ0v) is 15.4. The first-order chi connectivity index (χ1) is 13.2. The van der Waals surface area contributed by atoms with Crippen LogP contribution in [0.4, 0.5) is 0 Å². The minimum atomic E-state index is -0.318. The zero-order chi connectivity index (χ0) is 18.0. The Balaban J connectivity index is 1.07. The number of carbonyl (C=O) groups is 1. The van der Waals surface area contributed by atoms with Gasteiger partial charge < -0.3 is 18.9 Å². The van der Waals surface area contributed by atoms with E-state index >= 15 is 0 Å². The Morgan fingerprint density at radius 1 is 0.963 bits per heavy atom. The highest BCUT2D eigenvalue weighted by Crippen LogP contribution is 2.58. The zero-order valence-electron chi connectivity index (χ0n) is 15.4. The molecule has 5 heteroatoms. The van der Waals surface area contributed by atoms with Crippen molar-refractivity contribution in [2.75, 3.05) is 6.61 Å². The van der Waals surface area contributed by atoms with Gasteiger partial charge in [-0.15, -0.1) is 0 Å². The van der Waals surface area contributed by atoms with Gasteiger partial charge >= 0.3 is 5.97 Å². The van der Waals surface area contributed by atoms with Crippen LogP contribution in [-0.4, -0.2) is 42.8 Å². The molecule has 27 heavy (non-hydrogen) atoms. The number of benzene rings is 1. The summed E-state index contributed by atoms with van der Waals surface area (Å²) < 4.78 is 24.0. The van der Waals surface area contributed by atoms with E-state index in [4.69, 9.17) is 18.9 Å². The maximum Gasteiger partial charge on any atom is 0.338 e. The summed E-state index contributed by atoms with van der Waals surface area (Å²) in [6, 6.07) is 9.06. The molecule has 0 spiro atoms. The number of hydrogen-bond acceptors (Lipinski definition) is 5. The quantitative estimate of drug-likeness (QED) is 0.588. The molecular formula is C22H26O5. The van der Waals surface area contributed by atoms with E-state index < -0.39 is 0 Å². The highest BCUT2D eigenvalue weighted by Gasteiger charge is 2.62. The van der Waals surface area contributed by atoms with Gasteiger partial charge in [-0.1, -0.05) is 18.2 Å². The maximum absolute atomic E-state index is 12.2. The van der Waals surface area contributed by atoms with Crippen molar-refractivity contribution in [1.29, 1.82) is 0 Å². The van der Waals surface area contributed by atoms with Crippen LogP contribution in [0.2, 0.25) is 0 Å². The highest BCUT2D eigenvalue weighted by molar-refractivity contribution is 5.89. The average molecular weight is 370 g/mol. The summed E-state index contributed by atoms with van der Waals surface area (Å²) in [5.41, 5.74) is 0.566. The molecule has 144 valence electrons. The summed E-state index contributed by atoms with van der Waals surface area (Å²) in [4.78, 5) is 12.2. The standard InChI is InChI=1S/C22H26O5/c23-20(16-4-2-1-3-5-16)24-12-17-18-19(26-18)21(25-17)27-22-9-13-6-14(10-22)8-15(7-13)11-22/h1-5,13-15,17-19,21H,6-12H2/t13?,14?,15?,17-,18+,19+,21?,22?/m1/s1. The van der Waals surface area contributed by atoms with Crippen molar-refractivity contribution >= 4 is 5.97 Å². The monoisotopic (exact) mass is 370 g/mol. The predicted octanol–water partition coefficient (Wildman–Crippen LogP) is 3.32. The van der Waals surface area contributed by atoms with Gasteiger partial charge in [-0.05, 0) is 68.4 Å². The molecule has 5 nitrogen and oxygen atoms in total. The molecule has 6 fully saturated rings. The molecule has 4 atom stereocenters. The summed E-state index contributed by atoms with van der Waals surface area (Å²) >= 11 is 0. The van der Waals surface area contributed by atoms with Crippen LogP contribution in [-0.2, 0) is 18.9 Å². The molecule has 0 aromatic heterocycles. The average Bonchev–Trinajstić information content (AvgIpc) is 3.38. The van der Waals surface area contributed by atoms with Crippen molar-refractivity contribution < 1.29 is 23.7 Å². The number of fused-ring (bicyclic) bond motifs is 1. The fraction of sp³-hybridized carbons (Fsp3) is 0.682. The lowest BCUT2D eigenvalue weighted by Crippen LogP contribution is -2.54. The van der Waals surface area contributed by atoms with Crippen LogP contribution in [0.25, 0.3) is 0 Å². The van der Waals surface area contributed by atoms with Gasteiger partial charge in [0, 0.05) is 0 Å². The van der Waals surface area contributed by atoms with Gasteiger partial charge in [0.05, 0.1) is 11.2 Å². The van der Waals surface area contributed by atoms with Crippen LogP contribution in [0.15, 0.2) is 30.3 Å². The summed E-state index contributed by atoms with van der Waals surface area (Å²) in [5, 5.41) is 0. The molecule has 4 aliphatic carbocycles. The molecule has 1 aromatic carbocycles. The van der Waals surface area contributed by atoms with Crippen LogP contribution in [0, 0.1) is 17.8 Å². The first kappa shape index (κ1) is 16.5. The number of hydrogen-bond donors (Lipinski definition) is 0. The predicted molar refractivity (Wildman–Crippen MR) is 96.0 cm³/mol. The molecule has 4 bridgehead atoms. The number of esters is 1. The van der Waals surface area contributed by atoms with Gasteiger partial charge in [-0.3, -0.25) is 0 Å². The lowest BCUT2D eigenvalue weighted by atomic mass is 9.54. The molecule has 1 aromatic rings. The lowest BCUT2D eigenvalue weighted by Gasteiger charge is -2.56. The Kier molecular flexibility index (Phi) is 3.69. The molecule has 0 radical (unpaired) electrons. The van der Waals surface area contributed by atoms with Crippen molar-refractivity contribution in [1.82, 2.24) is 0 Å². The van der Waals surface area contributed by atoms with Gasteiger partial charge in [0.1, 0.15) is 24.9 Å². The summed E-state index contributed by atoms with van der Waals surface area (Å²) in [5.74, 6) is 2.21. The van der Waals surface area contributed by atoms with Crippen molar-refractivity contribution in [2.45, 2.75) is 68.7 Å². The van der Waals surface area contributed by atoms with Crippen LogP contribution in [0.5, 0.6) is 0 Å². The molecule has 2 saturated heterocycles. The van der Waals surface area contributed by atoms with Gasteiger partial charge in [-0.25, -0.2) is 4.79 Å². The molecule has 4 saturated carbocycles. The summed E-state index contributed by atoms with van der Waals surface area (Å²) in [6.07, 6.45) is 7.25. The van der Waals surface area contributed by atoms with Gasteiger partial charge in [-0.2, -0.15) is 0 Å². The third-order valence-corrected chi connectivity index (χ3v) is 7.24. The van der Waals surface area contributed by atoms with E-state index in [1.807, 2.05) is 18.2 Å². The molecule has 0 amide bonds. The van der Waals surface area contributed by atoms with E-state index in [-0.39, 0.29) is 42.8 Å².